The topological polar surface area (TPSA) is 55.6 Å². The number of aryl methyl sites for hydroxylation is 2. The normalized spacial score (nSPS) is 12.1. The maximum absolute atomic E-state index is 12.6. The van der Waals surface area contributed by atoms with Crippen LogP contribution in [0.3, 0.4) is 0 Å². The Morgan fingerprint density at radius 1 is 1.10 bits per heavy atom. The third-order valence-electron chi connectivity index (χ3n) is 4.31. The van der Waals surface area contributed by atoms with E-state index in [9.17, 15) is 18.0 Å². The second kappa shape index (κ2) is 10.5. The van der Waals surface area contributed by atoms with Gasteiger partial charge in [0.05, 0.1) is 6.04 Å². The third kappa shape index (κ3) is 7.59. The van der Waals surface area contributed by atoms with Crippen molar-refractivity contribution in [1.82, 2.24) is 4.90 Å². The van der Waals surface area contributed by atoms with E-state index in [0.29, 0.717) is 24.1 Å². The van der Waals surface area contributed by atoms with E-state index >= 15 is 0 Å². The predicted octanol–water partition coefficient (Wildman–Crippen LogP) is 4.19. The van der Waals surface area contributed by atoms with Crippen LogP contribution in [0, 0.1) is 13.8 Å². The van der Waals surface area contributed by atoms with Crippen LogP contribution in [0.2, 0.25) is 0 Å². The average molecular weight is 431 g/mol. The molecule has 0 bridgehead atoms. The van der Waals surface area contributed by atoms with Gasteiger partial charge in [0.25, 0.3) is 0 Å². The van der Waals surface area contributed by atoms with Crippen molar-refractivity contribution >= 4 is 18.3 Å². The number of halogens is 4. The number of hydrogen-bond donors (Lipinski definition) is 1. The molecule has 4 nitrogen and oxygen atoms in total. The van der Waals surface area contributed by atoms with E-state index in [1.807, 2.05) is 30.3 Å². The maximum atomic E-state index is 12.6. The van der Waals surface area contributed by atoms with Crippen molar-refractivity contribution in [3.05, 3.63) is 64.7 Å². The molecule has 0 saturated heterocycles. The lowest BCUT2D eigenvalue weighted by atomic mass is 10.0. The Labute approximate surface area is 175 Å². The van der Waals surface area contributed by atoms with E-state index in [2.05, 4.69) is 0 Å². The summed E-state index contributed by atoms with van der Waals surface area (Å²) in [4.78, 5) is 14.1. The minimum Gasteiger partial charge on any atom is -0.484 e. The molecule has 0 aliphatic rings. The van der Waals surface area contributed by atoms with Crippen LogP contribution in [0.25, 0.3) is 0 Å². The Morgan fingerprint density at radius 3 is 2.17 bits per heavy atom. The largest absolute Gasteiger partial charge is 0.484 e. The molecule has 29 heavy (non-hydrogen) atoms. The maximum Gasteiger partial charge on any atom is 0.422 e. The molecule has 0 saturated carbocycles. The van der Waals surface area contributed by atoms with Gasteiger partial charge in [-0.1, -0.05) is 42.5 Å². The Kier molecular flexibility index (Phi) is 8.98. The quantitative estimate of drug-likeness (QED) is 0.716. The van der Waals surface area contributed by atoms with E-state index in [0.717, 1.165) is 11.1 Å². The lowest BCUT2D eigenvalue weighted by Gasteiger charge is -2.22. The number of carbonyl (C=O) groups excluding carboxylic acids is 1. The third-order valence-corrected chi connectivity index (χ3v) is 4.31. The zero-order chi connectivity index (χ0) is 20.9. The van der Waals surface area contributed by atoms with Crippen LogP contribution in [0.5, 0.6) is 5.75 Å². The number of likely N-dealkylation sites (N-methyl/N-ethyl adjacent to an activating group) is 1. The molecule has 2 N–H and O–H groups in total. The number of amides is 1. The Morgan fingerprint density at radius 2 is 1.66 bits per heavy atom. The number of rotatable bonds is 7. The summed E-state index contributed by atoms with van der Waals surface area (Å²) >= 11 is 0. The van der Waals surface area contributed by atoms with E-state index in [1.165, 1.54) is 4.90 Å². The van der Waals surface area contributed by atoms with Gasteiger partial charge in [-0.2, -0.15) is 13.2 Å². The fraction of sp³-hybridized carbons (Fsp3) is 0.381. The number of nitrogens with two attached hydrogens (primary N) is 1. The number of nitrogens with zero attached hydrogens (tertiary/aromatic N) is 1. The molecule has 8 heteroatoms. The molecule has 0 fully saturated rings. The number of alkyl halides is 3. The van der Waals surface area contributed by atoms with Crippen molar-refractivity contribution in [2.75, 3.05) is 13.7 Å². The monoisotopic (exact) mass is 430 g/mol. The molecule has 2 aromatic rings. The van der Waals surface area contributed by atoms with E-state index in [-0.39, 0.29) is 24.1 Å². The van der Waals surface area contributed by atoms with Crippen molar-refractivity contribution in [1.29, 1.82) is 0 Å². The van der Waals surface area contributed by atoms with Gasteiger partial charge < -0.3 is 15.4 Å². The van der Waals surface area contributed by atoms with Gasteiger partial charge in [0.15, 0.2) is 6.61 Å². The van der Waals surface area contributed by atoms with Crippen LogP contribution in [0.4, 0.5) is 13.2 Å². The van der Waals surface area contributed by atoms with Gasteiger partial charge in [0.1, 0.15) is 5.75 Å². The first kappa shape index (κ1) is 24.8. The summed E-state index contributed by atoms with van der Waals surface area (Å²) in [5, 5.41) is 0. The first-order valence-electron chi connectivity index (χ1n) is 8.91. The molecule has 2 rings (SSSR count). The van der Waals surface area contributed by atoms with E-state index in [1.54, 1.807) is 33.0 Å². The molecule has 1 atom stereocenters. The molecular weight excluding hydrogens is 405 g/mol. The number of benzene rings is 2. The fourth-order valence-corrected chi connectivity index (χ4v) is 3.10. The van der Waals surface area contributed by atoms with Crippen molar-refractivity contribution < 1.29 is 22.7 Å². The van der Waals surface area contributed by atoms with Crippen LogP contribution < -0.4 is 10.5 Å². The Bertz CT molecular complexity index is 790. The summed E-state index contributed by atoms with van der Waals surface area (Å²) in [5.74, 6) is 0.0207. The SMILES string of the molecule is Cc1cc(CN(C)C(=O)[C@@H](N)Cc2ccccc2)cc(C)c1OCC(F)(F)F.Cl. The second-order valence-corrected chi connectivity index (χ2v) is 6.95. The molecule has 0 aromatic heterocycles. The summed E-state index contributed by atoms with van der Waals surface area (Å²) < 4.78 is 42.1. The number of carbonyl (C=O) groups is 1. The van der Waals surface area contributed by atoms with Crippen LogP contribution in [-0.2, 0) is 17.8 Å². The highest BCUT2D eigenvalue weighted by atomic mass is 35.5. The summed E-state index contributed by atoms with van der Waals surface area (Å²) in [5.41, 5.74) is 9.02. The van der Waals surface area contributed by atoms with Gasteiger partial charge in [-0.05, 0) is 42.5 Å². The first-order chi connectivity index (χ1) is 13.1. The molecule has 0 aliphatic carbocycles. The van der Waals surface area contributed by atoms with Crippen molar-refractivity contribution in [2.24, 2.45) is 5.73 Å². The number of hydrogen-bond acceptors (Lipinski definition) is 3. The Balaban J connectivity index is 0.00000420. The van der Waals surface area contributed by atoms with Gasteiger partial charge in [0, 0.05) is 13.6 Å². The highest BCUT2D eigenvalue weighted by molar-refractivity contribution is 5.85. The van der Waals surface area contributed by atoms with Crippen molar-refractivity contribution in [3.8, 4) is 5.75 Å². The smallest absolute Gasteiger partial charge is 0.422 e. The highest BCUT2D eigenvalue weighted by Gasteiger charge is 2.29. The summed E-state index contributed by atoms with van der Waals surface area (Å²) in [6, 6.07) is 12.3. The molecule has 2 aromatic carbocycles. The van der Waals surface area contributed by atoms with Crippen LogP contribution in [-0.4, -0.2) is 36.7 Å². The summed E-state index contributed by atoms with van der Waals surface area (Å²) in [6.07, 6.45) is -3.95. The average Bonchev–Trinajstić information content (AvgIpc) is 2.60. The van der Waals surface area contributed by atoms with Gasteiger partial charge in [0.2, 0.25) is 5.91 Å². The van der Waals surface area contributed by atoms with Crippen molar-refractivity contribution in [3.63, 3.8) is 0 Å². The van der Waals surface area contributed by atoms with Gasteiger partial charge in [-0.3, -0.25) is 4.79 Å². The fourth-order valence-electron chi connectivity index (χ4n) is 3.10. The summed E-state index contributed by atoms with van der Waals surface area (Å²) in [7, 11) is 1.66. The molecule has 0 heterocycles. The molecule has 0 unspecified atom stereocenters. The summed E-state index contributed by atoms with van der Waals surface area (Å²) in [6.45, 7) is 2.35. The molecule has 0 spiro atoms. The highest BCUT2D eigenvalue weighted by Crippen LogP contribution is 2.27. The lowest BCUT2D eigenvalue weighted by molar-refractivity contribution is -0.153. The molecule has 0 aliphatic heterocycles. The Hall–Kier alpha value is -2.25. The molecular formula is C21H26ClF3N2O2. The zero-order valence-electron chi connectivity index (χ0n) is 16.6. The van der Waals surface area contributed by atoms with Crippen molar-refractivity contribution in [2.45, 2.75) is 39.0 Å². The number of ether oxygens (including phenoxy) is 1. The van der Waals surface area contributed by atoms with E-state index in [4.69, 9.17) is 10.5 Å². The minimum atomic E-state index is -4.39. The van der Waals surface area contributed by atoms with Gasteiger partial charge in [-0.15, -0.1) is 12.4 Å². The molecule has 1 amide bonds. The first-order valence-corrected chi connectivity index (χ1v) is 8.91. The molecule has 0 radical (unpaired) electrons. The lowest BCUT2D eigenvalue weighted by Crippen LogP contribution is -2.42. The minimum absolute atomic E-state index is 0. The van der Waals surface area contributed by atoms with Crippen LogP contribution >= 0.6 is 12.4 Å². The molecule has 160 valence electrons. The van der Waals surface area contributed by atoms with E-state index < -0.39 is 18.8 Å². The van der Waals surface area contributed by atoms with Crippen LogP contribution in [0.1, 0.15) is 22.3 Å². The predicted molar refractivity (Wildman–Crippen MR) is 109 cm³/mol. The van der Waals surface area contributed by atoms with Crippen LogP contribution in [0.15, 0.2) is 42.5 Å². The van der Waals surface area contributed by atoms with Gasteiger partial charge >= 0.3 is 6.18 Å². The standard InChI is InChI=1S/C21H25F3N2O2.ClH/c1-14-9-17(10-15(2)19(14)28-13-21(22,23)24)12-26(3)20(27)18(25)11-16-7-5-4-6-8-16;/h4-10,18H,11-13,25H2,1-3H3;1H/t18-;/m0./s1. The van der Waals surface area contributed by atoms with Gasteiger partial charge in [-0.25, -0.2) is 0 Å². The zero-order valence-corrected chi connectivity index (χ0v) is 17.4. The second-order valence-electron chi connectivity index (χ2n) is 6.95.